The van der Waals surface area contributed by atoms with Gasteiger partial charge in [0.15, 0.2) is 0 Å². The topological polar surface area (TPSA) is 61.4 Å². The third-order valence-electron chi connectivity index (χ3n) is 5.72. The van der Waals surface area contributed by atoms with Crippen molar-refractivity contribution >= 4 is 11.8 Å². The van der Waals surface area contributed by atoms with Gasteiger partial charge < -0.3 is 10.6 Å². The fraction of sp³-hybridized carbons (Fsp3) is 0.417. The molecule has 31 heavy (non-hydrogen) atoms. The molecule has 5 nitrogen and oxygen atoms in total. The van der Waals surface area contributed by atoms with Crippen molar-refractivity contribution in [2.45, 2.75) is 32.2 Å². The van der Waals surface area contributed by atoms with E-state index in [2.05, 4.69) is 10.6 Å². The largest absolute Gasteiger partial charge is 0.356 e. The minimum atomic E-state index is -0.304. The van der Waals surface area contributed by atoms with Gasteiger partial charge in [-0.2, -0.15) is 0 Å². The van der Waals surface area contributed by atoms with Gasteiger partial charge in [0.05, 0.1) is 12.6 Å². The molecule has 0 saturated carbocycles. The van der Waals surface area contributed by atoms with Crippen LogP contribution in [0.15, 0.2) is 48.5 Å². The van der Waals surface area contributed by atoms with Crippen LogP contribution in [0.4, 0.5) is 8.78 Å². The molecule has 1 fully saturated rings. The molecule has 7 heteroatoms. The van der Waals surface area contributed by atoms with Crippen LogP contribution in [0.3, 0.4) is 0 Å². The zero-order valence-corrected chi connectivity index (χ0v) is 17.7. The van der Waals surface area contributed by atoms with E-state index in [9.17, 15) is 18.4 Å². The number of carbonyl (C=O) groups is 2. The van der Waals surface area contributed by atoms with Gasteiger partial charge in [0.2, 0.25) is 11.8 Å². The van der Waals surface area contributed by atoms with Crippen molar-refractivity contribution < 1.29 is 18.4 Å². The predicted octanol–water partition coefficient (Wildman–Crippen LogP) is 3.21. The van der Waals surface area contributed by atoms with E-state index >= 15 is 0 Å². The van der Waals surface area contributed by atoms with Gasteiger partial charge in [0.1, 0.15) is 11.6 Å². The van der Waals surface area contributed by atoms with Crippen molar-refractivity contribution in [2.75, 3.05) is 26.2 Å². The fourth-order valence-corrected chi connectivity index (χ4v) is 3.84. The quantitative estimate of drug-likeness (QED) is 0.678. The molecule has 0 aliphatic carbocycles. The summed E-state index contributed by atoms with van der Waals surface area (Å²) in [6, 6.07) is 12.5. The highest BCUT2D eigenvalue weighted by atomic mass is 19.1. The summed E-state index contributed by atoms with van der Waals surface area (Å²) in [5, 5.41) is 5.83. The first-order valence-electron chi connectivity index (χ1n) is 10.7. The number of hydrogen-bond donors (Lipinski definition) is 2. The maximum atomic E-state index is 13.6. The first-order chi connectivity index (χ1) is 14.9. The lowest BCUT2D eigenvalue weighted by atomic mass is 9.96. The lowest BCUT2D eigenvalue weighted by Gasteiger charge is -2.31. The fourth-order valence-electron chi connectivity index (χ4n) is 3.84. The molecule has 0 bridgehead atoms. The van der Waals surface area contributed by atoms with E-state index in [4.69, 9.17) is 0 Å². The molecule has 1 aliphatic heterocycles. The first kappa shape index (κ1) is 22.9. The molecular formula is C24H29F2N3O2. The number of nitrogens with one attached hydrogen (secondary N) is 2. The van der Waals surface area contributed by atoms with Crippen LogP contribution in [-0.4, -0.2) is 42.9 Å². The Morgan fingerprint density at radius 3 is 2.42 bits per heavy atom. The smallest absolute Gasteiger partial charge is 0.234 e. The summed E-state index contributed by atoms with van der Waals surface area (Å²) in [5.41, 5.74) is 1.44. The molecule has 2 amide bonds. The van der Waals surface area contributed by atoms with Crippen molar-refractivity contribution in [3.05, 3.63) is 71.3 Å². The Morgan fingerprint density at radius 1 is 1.06 bits per heavy atom. The predicted molar refractivity (Wildman–Crippen MR) is 115 cm³/mol. The van der Waals surface area contributed by atoms with Crippen LogP contribution in [0.2, 0.25) is 0 Å². The number of rotatable bonds is 8. The van der Waals surface area contributed by atoms with E-state index in [1.807, 2.05) is 11.8 Å². The SMILES string of the molecule is C[C@@H](NC(=O)CN1CCC(C(=O)NCCc2ccccc2F)CC1)c1ccc(F)cc1. The highest BCUT2D eigenvalue weighted by Crippen LogP contribution is 2.18. The monoisotopic (exact) mass is 429 g/mol. The van der Waals surface area contributed by atoms with Gasteiger partial charge in [-0.15, -0.1) is 0 Å². The van der Waals surface area contributed by atoms with Gasteiger partial charge in [-0.25, -0.2) is 8.78 Å². The number of likely N-dealkylation sites (tertiary alicyclic amines) is 1. The van der Waals surface area contributed by atoms with Crippen molar-refractivity contribution in [3.8, 4) is 0 Å². The Balaban J connectivity index is 1.35. The zero-order chi connectivity index (χ0) is 22.2. The molecule has 1 aliphatic rings. The Kier molecular flexibility index (Phi) is 8.12. The molecule has 2 aromatic rings. The molecule has 0 radical (unpaired) electrons. The third-order valence-corrected chi connectivity index (χ3v) is 5.72. The Morgan fingerprint density at radius 2 is 1.74 bits per heavy atom. The van der Waals surface area contributed by atoms with E-state index in [-0.39, 0.29) is 42.0 Å². The van der Waals surface area contributed by atoms with E-state index in [1.54, 1.807) is 30.3 Å². The molecule has 2 aromatic carbocycles. The third kappa shape index (κ3) is 6.85. The number of carbonyl (C=O) groups excluding carboxylic acids is 2. The minimum absolute atomic E-state index is 0.00891. The van der Waals surface area contributed by atoms with Crippen LogP contribution in [0.5, 0.6) is 0 Å². The molecular weight excluding hydrogens is 400 g/mol. The van der Waals surface area contributed by atoms with Crippen LogP contribution in [0.25, 0.3) is 0 Å². The number of hydrogen-bond acceptors (Lipinski definition) is 3. The molecule has 1 atom stereocenters. The van der Waals surface area contributed by atoms with Crippen LogP contribution >= 0.6 is 0 Å². The van der Waals surface area contributed by atoms with Crippen molar-refractivity contribution in [3.63, 3.8) is 0 Å². The summed E-state index contributed by atoms with van der Waals surface area (Å²) in [5.74, 6) is -0.744. The number of nitrogens with zero attached hydrogens (tertiary/aromatic N) is 1. The standard InChI is InChI=1S/C24H29F2N3O2/c1-17(18-6-8-21(25)9-7-18)28-23(30)16-29-14-11-20(12-15-29)24(31)27-13-10-19-4-2-3-5-22(19)26/h2-9,17,20H,10-16H2,1H3,(H,27,31)(H,28,30)/t17-/m1/s1. The van der Waals surface area contributed by atoms with Crippen molar-refractivity contribution in [1.29, 1.82) is 0 Å². The van der Waals surface area contributed by atoms with Crippen LogP contribution < -0.4 is 10.6 Å². The summed E-state index contributed by atoms with van der Waals surface area (Å²) >= 11 is 0. The Bertz CT molecular complexity index is 881. The molecule has 1 saturated heterocycles. The molecule has 0 spiro atoms. The van der Waals surface area contributed by atoms with Crippen molar-refractivity contribution in [1.82, 2.24) is 15.5 Å². The van der Waals surface area contributed by atoms with Crippen LogP contribution in [0, 0.1) is 17.6 Å². The average Bonchev–Trinajstić information content (AvgIpc) is 2.76. The molecule has 0 unspecified atom stereocenters. The average molecular weight is 430 g/mol. The van der Waals surface area contributed by atoms with Gasteiger partial charge in [0.25, 0.3) is 0 Å². The first-order valence-corrected chi connectivity index (χ1v) is 10.7. The van der Waals surface area contributed by atoms with E-state index in [0.717, 1.165) is 5.56 Å². The van der Waals surface area contributed by atoms with Gasteiger partial charge in [0, 0.05) is 12.5 Å². The molecule has 166 valence electrons. The molecule has 1 heterocycles. The molecule has 3 rings (SSSR count). The summed E-state index contributed by atoms with van der Waals surface area (Å²) in [7, 11) is 0. The Hall–Kier alpha value is -2.80. The Labute approximate surface area is 181 Å². The van der Waals surface area contributed by atoms with Crippen LogP contribution in [0.1, 0.15) is 36.9 Å². The summed E-state index contributed by atoms with van der Waals surface area (Å²) in [4.78, 5) is 26.8. The van der Waals surface area contributed by atoms with E-state index < -0.39 is 0 Å². The highest BCUT2D eigenvalue weighted by Gasteiger charge is 2.26. The lowest BCUT2D eigenvalue weighted by Crippen LogP contribution is -2.45. The molecule has 2 N–H and O–H groups in total. The normalized spacial score (nSPS) is 16.0. The zero-order valence-electron chi connectivity index (χ0n) is 17.7. The van der Waals surface area contributed by atoms with Crippen LogP contribution in [-0.2, 0) is 16.0 Å². The molecule has 0 aromatic heterocycles. The van der Waals surface area contributed by atoms with Gasteiger partial charge >= 0.3 is 0 Å². The van der Waals surface area contributed by atoms with E-state index in [0.29, 0.717) is 44.5 Å². The lowest BCUT2D eigenvalue weighted by molar-refractivity contribution is -0.126. The highest BCUT2D eigenvalue weighted by molar-refractivity contribution is 5.79. The summed E-state index contributed by atoms with van der Waals surface area (Å²) in [6.07, 6.45) is 1.84. The maximum Gasteiger partial charge on any atom is 0.234 e. The summed E-state index contributed by atoms with van der Waals surface area (Å²) < 4.78 is 26.7. The van der Waals surface area contributed by atoms with Gasteiger partial charge in [-0.05, 0) is 68.6 Å². The second kappa shape index (κ2) is 11.0. The second-order valence-electron chi connectivity index (χ2n) is 8.02. The summed E-state index contributed by atoms with van der Waals surface area (Å²) in [6.45, 7) is 3.88. The number of piperidine rings is 1. The van der Waals surface area contributed by atoms with Crippen molar-refractivity contribution in [2.24, 2.45) is 5.92 Å². The van der Waals surface area contributed by atoms with Gasteiger partial charge in [-0.3, -0.25) is 14.5 Å². The number of halogens is 2. The minimum Gasteiger partial charge on any atom is -0.356 e. The number of benzene rings is 2. The second-order valence-corrected chi connectivity index (χ2v) is 8.02. The van der Waals surface area contributed by atoms with E-state index in [1.165, 1.54) is 18.2 Å². The maximum absolute atomic E-state index is 13.6. The van der Waals surface area contributed by atoms with Gasteiger partial charge in [-0.1, -0.05) is 30.3 Å². The number of amides is 2.